The smallest absolute Gasteiger partial charge is 0.120 e. The summed E-state index contributed by atoms with van der Waals surface area (Å²) in [7, 11) is 0. The van der Waals surface area contributed by atoms with E-state index in [9.17, 15) is 5.11 Å². The number of benzene rings is 1. The van der Waals surface area contributed by atoms with Gasteiger partial charge in [-0.25, -0.2) is 0 Å². The van der Waals surface area contributed by atoms with Gasteiger partial charge < -0.3 is 10.4 Å². The molecule has 1 aromatic carbocycles. The van der Waals surface area contributed by atoms with Crippen molar-refractivity contribution in [3.63, 3.8) is 0 Å². The number of rotatable bonds is 4. The van der Waals surface area contributed by atoms with Crippen LogP contribution in [0.1, 0.15) is 56.7 Å². The molecule has 3 rings (SSSR count). The molecule has 2 fully saturated rings. The normalized spacial score (nSPS) is 31.4. The highest BCUT2D eigenvalue weighted by Gasteiger charge is 2.41. The molecule has 0 spiro atoms. The maximum Gasteiger partial charge on any atom is 0.120 e. The first kappa shape index (κ1) is 13.9. The van der Waals surface area contributed by atoms with E-state index in [0.717, 1.165) is 23.3 Å². The van der Waals surface area contributed by atoms with E-state index in [4.69, 9.17) is 0 Å². The van der Waals surface area contributed by atoms with Crippen molar-refractivity contribution < 1.29 is 5.11 Å². The Hall–Kier alpha value is -1.02. The van der Waals surface area contributed by atoms with E-state index >= 15 is 0 Å². The minimum Gasteiger partial charge on any atom is -0.508 e. The number of aryl methyl sites for hydroxylation is 1. The lowest BCUT2D eigenvalue weighted by molar-refractivity contribution is 0.247. The molecule has 5 unspecified atom stereocenters. The molecule has 0 aliphatic heterocycles. The summed E-state index contributed by atoms with van der Waals surface area (Å²) in [5.41, 5.74) is 2.24. The lowest BCUT2D eigenvalue weighted by Gasteiger charge is -2.31. The van der Waals surface area contributed by atoms with E-state index in [1.165, 1.54) is 31.2 Å². The molecule has 0 amide bonds. The third kappa shape index (κ3) is 2.58. The SMILES string of the molecule is Cc1ccc(O)c(C(C)NC(C)C2CC3CCC2C3)c1. The minimum atomic E-state index is 0.212. The molecular formula is C18H27NO. The number of hydrogen-bond acceptors (Lipinski definition) is 2. The molecule has 0 heterocycles. The molecule has 0 aromatic heterocycles. The molecule has 2 bridgehead atoms. The van der Waals surface area contributed by atoms with Crippen LogP contribution >= 0.6 is 0 Å². The van der Waals surface area contributed by atoms with Crippen LogP contribution in [0, 0.1) is 24.7 Å². The lowest BCUT2D eigenvalue weighted by Crippen LogP contribution is -2.37. The number of hydrogen-bond donors (Lipinski definition) is 2. The van der Waals surface area contributed by atoms with Gasteiger partial charge >= 0.3 is 0 Å². The molecule has 0 saturated heterocycles. The molecule has 2 aliphatic rings. The highest BCUT2D eigenvalue weighted by Crippen LogP contribution is 2.49. The first-order chi connectivity index (χ1) is 9.54. The van der Waals surface area contributed by atoms with Gasteiger partial charge in [-0.15, -0.1) is 0 Å². The van der Waals surface area contributed by atoms with E-state index in [2.05, 4.69) is 32.2 Å². The summed E-state index contributed by atoms with van der Waals surface area (Å²) < 4.78 is 0. The summed E-state index contributed by atoms with van der Waals surface area (Å²) in [6, 6.07) is 6.63. The molecule has 5 atom stereocenters. The summed E-state index contributed by atoms with van der Waals surface area (Å²) in [6.07, 6.45) is 5.76. The van der Waals surface area contributed by atoms with Crippen molar-refractivity contribution in [2.24, 2.45) is 17.8 Å². The summed E-state index contributed by atoms with van der Waals surface area (Å²) in [4.78, 5) is 0. The number of phenols is 1. The lowest BCUT2D eigenvalue weighted by atomic mass is 9.83. The van der Waals surface area contributed by atoms with Crippen LogP contribution in [0.2, 0.25) is 0 Å². The van der Waals surface area contributed by atoms with Gasteiger partial charge in [-0.3, -0.25) is 0 Å². The average molecular weight is 273 g/mol. The first-order valence-corrected chi connectivity index (χ1v) is 8.10. The van der Waals surface area contributed by atoms with Crippen molar-refractivity contribution in [3.05, 3.63) is 29.3 Å². The van der Waals surface area contributed by atoms with E-state index in [0.29, 0.717) is 11.8 Å². The molecule has 2 heteroatoms. The van der Waals surface area contributed by atoms with Crippen LogP contribution in [-0.2, 0) is 0 Å². The second-order valence-corrected chi connectivity index (χ2v) is 7.08. The summed E-state index contributed by atoms with van der Waals surface area (Å²) in [6.45, 7) is 6.57. The van der Waals surface area contributed by atoms with Crippen molar-refractivity contribution in [1.82, 2.24) is 5.32 Å². The third-order valence-electron chi connectivity index (χ3n) is 5.60. The zero-order chi connectivity index (χ0) is 14.3. The Morgan fingerprint density at radius 2 is 2.00 bits per heavy atom. The van der Waals surface area contributed by atoms with E-state index in [-0.39, 0.29) is 6.04 Å². The molecule has 2 nitrogen and oxygen atoms in total. The van der Waals surface area contributed by atoms with Crippen LogP contribution in [0.3, 0.4) is 0 Å². The maximum atomic E-state index is 10.0. The van der Waals surface area contributed by atoms with Crippen LogP contribution in [-0.4, -0.2) is 11.1 Å². The molecule has 2 aliphatic carbocycles. The molecule has 2 saturated carbocycles. The Morgan fingerprint density at radius 3 is 2.65 bits per heavy atom. The molecule has 110 valence electrons. The van der Waals surface area contributed by atoms with E-state index in [1.807, 2.05) is 12.1 Å². The number of fused-ring (bicyclic) bond motifs is 2. The fraction of sp³-hybridized carbons (Fsp3) is 0.667. The third-order valence-corrected chi connectivity index (χ3v) is 5.60. The van der Waals surface area contributed by atoms with Gasteiger partial charge in [-0.2, -0.15) is 0 Å². The largest absolute Gasteiger partial charge is 0.508 e. The zero-order valence-corrected chi connectivity index (χ0v) is 12.9. The zero-order valence-electron chi connectivity index (χ0n) is 12.9. The first-order valence-electron chi connectivity index (χ1n) is 8.10. The van der Waals surface area contributed by atoms with Crippen LogP contribution in [0.25, 0.3) is 0 Å². The van der Waals surface area contributed by atoms with Crippen molar-refractivity contribution in [1.29, 1.82) is 0 Å². The topological polar surface area (TPSA) is 32.3 Å². The van der Waals surface area contributed by atoms with Gasteiger partial charge in [0.15, 0.2) is 0 Å². The van der Waals surface area contributed by atoms with Crippen molar-refractivity contribution in [3.8, 4) is 5.75 Å². The Morgan fingerprint density at radius 1 is 1.20 bits per heavy atom. The second-order valence-electron chi connectivity index (χ2n) is 7.08. The summed E-state index contributed by atoms with van der Waals surface area (Å²) in [5.74, 6) is 3.19. The monoisotopic (exact) mass is 273 g/mol. The van der Waals surface area contributed by atoms with Gasteiger partial charge in [0.2, 0.25) is 0 Å². The number of aromatic hydroxyl groups is 1. The molecule has 0 radical (unpaired) electrons. The van der Waals surface area contributed by atoms with Gasteiger partial charge in [-0.1, -0.05) is 24.1 Å². The predicted molar refractivity (Wildman–Crippen MR) is 82.8 cm³/mol. The van der Waals surface area contributed by atoms with Gasteiger partial charge in [-0.05, 0) is 63.9 Å². The van der Waals surface area contributed by atoms with Crippen molar-refractivity contribution >= 4 is 0 Å². The standard InChI is InChI=1S/C18H27NO/c1-11-4-7-18(20)17(8-11)13(3)19-12(2)16-10-14-5-6-15(16)9-14/h4,7-8,12-16,19-20H,5-6,9-10H2,1-3H3. The minimum absolute atomic E-state index is 0.212. The Balaban J connectivity index is 1.66. The quantitative estimate of drug-likeness (QED) is 0.862. The van der Waals surface area contributed by atoms with Crippen LogP contribution in [0.5, 0.6) is 5.75 Å². The van der Waals surface area contributed by atoms with E-state index in [1.54, 1.807) is 0 Å². The van der Waals surface area contributed by atoms with Gasteiger partial charge in [0.05, 0.1) is 0 Å². The Bertz CT molecular complexity index is 484. The molecule has 2 N–H and O–H groups in total. The molecule has 20 heavy (non-hydrogen) atoms. The fourth-order valence-corrected chi connectivity index (χ4v) is 4.53. The molecule has 1 aromatic rings. The Labute approximate surface area is 122 Å². The highest BCUT2D eigenvalue weighted by molar-refractivity contribution is 5.37. The van der Waals surface area contributed by atoms with Gasteiger partial charge in [0.25, 0.3) is 0 Å². The molecular weight excluding hydrogens is 246 g/mol. The van der Waals surface area contributed by atoms with Crippen LogP contribution in [0.15, 0.2) is 18.2 Å². The van der Waals surface area contributed by atoms with Crippen molar-refractivity contribution in [2.75, 3.05) is 0 Å². The van der Waals surface area contributed by atoms with E-state index < -0.39 is 0 Å². The fourth-order valence-electron chi connectivity index (χ4n) is 4.53. The van der Waals surface area contributed by atoms with Crippen molar-refractivity contribution in [2.45, 2.75) is 58.5 Å². The van der Waals surface area contributed by atoms with Crippen LogP contribution in [0.4, 0.5) is 0 Å². The Kier molecular flexibility index (Phi) is 3.76. The average Bonchev–Trinajstić information content (AvgIpc) is 3.03. The van der Waals surface area contributed by atoms with Gasteiger partial charge in [0.1, 0.15) is 5.75 Å². The highest BCUT2D eigenvalue weighted by atomic mass is 16.3. The van der Waals surface area contributed by atoms with Gasteiger partial charge in [0, 0.05) is 17.6 Å². The van der Waals surface area contributed by atoms with Crippen LogP contribution < -0.4 is 5.32 Å². The maximum absolute atomic E-state index is 10.0. The summed E-state index contributed by atoms with van der Waals surface area (Å²) >= 11 is 0. The summed E-state index contributed by atoms with van der Waals surface area (Å²) in [5, 5.41) is 13.8. The second kappa shape index (κ2) is 5.40. The number of nitrogens with one attached hydrogen (secondary N) is 1. The predicted octanol–water partition coefficient (Wildman–Crippen LogP) is 4.18. The number of phenolic OH excluding ortho intramolecular Hbond substituents is 1.